The Kier molecular flexibility index (Phi) is 4.33. The minimum Gasteiger partial charge on any atom is -0.387 e. The first-order chi connectivity index (χ1) is 8.65. The van der Waals surface area contributed by atoms with Gasteiger partial charge in [0.15, 0.2) is 0 Å². The number of halogens is 2. The third-order valence-electron chi connectivity index (χ3n) is 2.58. The van der Waals surface area contributed by atoms with E-state index in [-0.39, 0.29) is 5.82 Å². The summed E-state index contributed by atoms with van der Waals surface area (Å²) in [5.41, 5.74) is 1.48. The Balaban J connectivity index is 1.96. The fourth-order valence-electron chi connectivity index (χ4n) is 1.61. The Bertz CT molecular complexity index is 515. The number of hydrogen-bond donors (Lipinski definition) is 2. The Morgan fingerprint density at radius 3 is 2.56 bits per heavy atom. The van der Waals surface area contributed by atoms with E-state index in [0.717, 1.165) is 10.2 Å². The minimum absolute atomic E-state index is 0.338. The van der Waals surface area contributed by atoms with E-state index < -0.39 is 6.10 Å². The molecule has 0 bridgehead atoms. The number of benzene rings is 2. The van der Waals surface area contributed by atoms with Crippen LogP contribution in [0.1, 0.15) is 11.7 Å². The molecule has 0 saturated carbocycles. The Morgan fingerprint density at radius 1 is 1.17 bits per heavy atom. The lowest BCUT2D eigenvalue weighted by Crippen LogP contribution is -2.12. The number of anilines is 1. The molecular formula is C14H13BrFNO. The molecule has 0 radical (unpaired) electrons. The van der Waals surface area contributed by atoms with Gasteiger partial charge in [-0.1, -0.05) is 28.1 Å². The van der Waals surface area contributed by atoms with Gasteiger partial charge in [0.1, 0.15) is 5.82 Å². The van der Waals surface area contributed by atoms with Crippen LogP contribution in [0, 0.1) is 5.82 Å². The largest absolute Gasteiger partial charge is 0.387 e. The average molecular weight is 310 g/mol. The van der Waals surface area contributed by atoms with Crippen LogP contribution in [-0.2, 0) is 0 Å². The predicted octanol–water partition coefficient (Wildman–Crippen LogP) is 3.73. The van der Waals surface area contributed by atoms with E-state index in [9.17, 15) is 9.50 Å². The molecule has 2 aromatic rings. The van der Waals surface area contributed by atoms with E-state index in [1.807, 2.05) is 24.3 Å². The van der Waals surface area contributed by atoms with Crippen molar-refractivity contribution in [2.24, 2.45) is 0 Å². The SMILES string of the molecule is OC(CNc1ccc(Br)cc1)c1cccc(F)c1. The van der Waals surface area contributed by atoms with Crippen LogP contribution < -0.4 is 5.32 Å². The van der Waals surface area contributed by atoms with Crippen molar-refractivity contribution in [2.45, 2.75) is 6.10 Å². The van der Waals surface area contributed by atoms with Gasteiger partial charge < -0.3 is 10.4 Å². The molecule has 2 N–H and O–H groups in total. The maximum Gasteiger partial charge on any atom is 0.123 e. The summed E-state index contributed by atoms with van der Waals surface area (Å²) in [5.74, 6) is -0.338. The molecule has 0 aliphatic heterocycles. The van der Waals surface area contributed by atoms with Crippen molar-refractivity contribution in [1.82, 2.24) is 0 Å². The molecule has 18 heavy (non-hydrogen) atoms. The van der Waals surface area contributed by atoms with Crippen molar-refractivity contribution in [3.63, 3.8) is 0 Å². The number of aliphatic hydroxyl groups is 1. The van der Waals surface area contributed by atoms with Gasteiger partial charge in [-0.25, -0.2) is 4.39 Å². The molecule has 0 aromatic heterocycles. The van der Waals surface area contributed by atoms with Gasteiger partial charge in [-0.2, -0.15) is 0 Å². The molecule has 4 heteroatoms. The summed E-state index contributed by atoms with van der Waals surface area (Å²) in [7, 11) is 0. The van der Waals surface area contributed by atoms with Crippen molar-refractivity contribution in [3.8, 4) is 0 Å². The molecule has 1 atom stereocenters. The third-order valence-corrected chi connectivity index (χ3v) is 3.11. The van der Waals surface area contributed by atoms with Crippen LogP contribution >= 0.6 is 15.9 Å². The molecule has 0 aliphatic carbocycles. The van der Waals surface area contributed by atoms with Gasteiger partial charge in [0.2, 0.25) is 0 Å². The van der Waals surface area contributed by atoms with Gasteiger partial charge in [0.25, 0.3) is 0 Å². The fraction of sp³-hybridized carbons (Fsp3) is 0.143. The van der Waals surface area contributed by atoms with Crippen LogP contribution in [0.5, 0.6) is 0 Å². The molecule has 1 unspecified atom stereocenters. The second-order valence-corrected chi connectivity index (χ2v) is 4.87. The Labute approximate surface area is 114 Å². The smallest absolute Gasteiger partial charge is 0.123 e. The molecule has 94 valence electrons. The minimum atomic E-state index is -0.732. The van der Waals surface area contributed by atoms with Gasteiger partial charge >= 0.3 is 0 Å². The zero-order chi connectivity index (χ0) is 13.0. The topological polar surface area (TPSA) is 32.3 Å². The maximum atomic E-state index is 13.0. The molecule has 0 spiro atoms. The number of nitrogens with one attached hydrogen (secondary N) is 1. The first-order valence-electron chi connectivity index (χ1n) is 5.58. The van der Waals surface area contributed by atoms with Crippen LogP contribution in [0.25, 0.3) is 0 Å². The fourth-order valence-corrected chi connectivity index (χ4v) is 1.88. The molecule has 0 aliphatic rings. The van der Waals surface area contributed by atoms with Gasteiger partial charge in [-0.05, 0) is 42.0 Å². The lowest BCUT2D eigenvalue weighted by Gasteiger charge is -2.13. The molecular weight excluding hydrogens is 297 g/mol. The normalized spacial score (nSPS) is 12.2. The highest BCUT2D eigenvalue weighted by Gasteiger charge is 2.07. The highest BCUT2D eigenvalue weighted by molar-refractivity contribution is 9.10. The summed E-state index contributed by atoms with van der Waals surface area (Å²) in [5, 5.41) is 13.0. The molecule has 2 rings (SSSR count). The maximum absolute atomic E-state index is 13.0. The molecule has 0 amide bonds. The van der Waals surface area contributed by atoms with Gasteiger partial charge in [-0.3, -0.25) is 0 Å². The zero-order valence-electron chi connectivity index (χ0n) is 9.61. The van der Waals surface area contributed by atoms with Gasteiger partial charge in [0, 0.05) is 16.7 Å². The molecule has 0 saturated heterocycles. The summed E-state index contributed by atoms with van der Waals surface area (Å²) in [6.07, 6.45) is -0.732. The van der Waals surface area contributed by atoms with Crippen molar-refractivity contribution >= 4 is 21.6 Å². The van der Waals surface area contributed by atoms with Gasteiger partial charge in [0.05, 0.1) is 6.10 Å². The van der Waals surface area contributed by atoms with Crippen molar-refractivity contribution in [3.05, 3.63) is 64.4 Å². The van der Waals surface area contributed by atoms with E-state index in [1.54, 1.807) is 12.1 Å². The molecule has 0 heterocycles. The third kappa shape index (κ3) is 3.55. The zero-order valence-corrected chi connectivity index (χ0v) is 11.2. The lowest BCUT2D eigenvalue weighted by molar-refractivity contribution is 0.191. The number of aliphatic hydroxyl groups excluding tert-OH is 1. The van der Waals surface area contributed by atoms with E-state index in [1.165, 1.54) is 12.1 Å². The van der Waals surface area contributed by atoms with Crippen LogP contribution in [-0.4, -0.2) is 11.7 Å². The molecule has 2 nitrogen and oxygen atoms in total. The monoisotopic (exact) mass is 309 g/mol. The summed E-state index contributed by atoms with van der Waals surface area (Å²) in [6, 6.07) is 13.6. The molecule has 0 fully saturated rings. The average Bonchev–Trinajstić information content (AvgIpc) is 2.38. The second-order valence-electron chi connectivity index (χ2n) is 3.96. The van der Waals surface area contributed by atoms with Crippen molar-refractivity contribution in [1.29, 1.82) is 0 Å². The van der Waals surface area contributed by atoms with Crippen LogP contribution in [0.4, 0.5) is 10.1 Å². The first kappa shape index (κ1) is 13.1. The highest BCUT2D eigenvalue weighted by Crippen LogP contribution is 2.17. The van der Waals surface area contributed by atoms with Crippen molar-refractivity contribution < 1.29 is 9.50 Å². The number of hydrogen-bond acceptors (Lipinski definition) is 2. The summed E-state index contributed by atoms with van der Waals surface area (Å²) >= 11 is 3.35. The first-order valence-corrected chi connectivity index (χ1v) is 6.37. The van der Waals surface area contributed by atoms with Crippen LogP contribution in [0.3, 0.4) is 0 Å². The highest BCUT2D eigenvalue weighted by atomic mass is 79.9. The lowest BCUT2D eigenvalue weighted by atomic mass is 10.1. The number of rotatable bonds is 4. The van der Waals surface area contributed by atoms with E-state index in [2.05, 4.69) is 21.2 Å². The summed E-state index contributed by atoms with van der Waals surface area (Å²) < 4.78 is 14.0. The van der Waals surface area contributed by atoms with Crippen molar-refractivity contribution in [2.75, 3.05) is 11.9 Å². The molecule has 2 aromatic carbocycles. The summed E-state index contributed by atoms with van der Waals surface area (Å²) in [4.78, 5) is 0. The predicted molar refractivity (Wildman–Crippen MR) is 74.0 cm³/mol. The van der Waals surface area contributed by atoms with E-state index in [0.29, 0.717) is 12.1 Å². The quantitative estimate of drug-likeness (QED) is 0.902. The van der Waals surface area contributed by atoms with Crippen LogP contribution in [0.2, 0.25) is 0 Å². The van der Waals surface area contributed by atoms with E-state index >= 15 is 0 Å². The van der Waals surface area contributed by atoms with E-state index in [4.69, 9.17) is 0 Å². The Morgan fingerprint density at radius 2 is 1.89 bits per heavy atom. The summed E-state index contributed by atoms with van der Waals surface area (Å²) in [6.45, 7) is 0.338. The van der Waals surface area contributed by atoms with Crippen LogP contribution in [0.15, 0.2) is 53.0 Å². The Hall–Kier alpha value is -1.39. The second kappa shape index (κ2) is 5.98. The standard InChI is InChI=1S/C14H13BrFNO/c15-11-4-6-13(7-5-11)17-9-14(18)10-2-1-3-12(16)8-10/h1-8,14,17-18H,9H2. The van der Waals surface area contributed by atoms with Gasteiger partial charge in [-0.15, -0.1) is 0 Å².